The maximum Gasteiger partial charge on any atom is 0.184 e. The molecule has 4 aromatic heterocycles. The van der Waals surface area contributed by atoms with Gasteiger partial charge in [0.25, 0.3) is 0 Å². The summed E-state index contributed by atoms with van der Waals surface area (Å²) in [6.45, 7) is 3.82. The van der Waals surface area contributed by atoms with Crippen molar-refractivity contribution < 1.29 is 8.78 Å². The summed E-state index contributed by atoms with van der Waals surface area (Å²) in [6.07, 6.45) is 10.9. The average molecular weight is 530 g/mol. The number of allylic oxidation sites excluding steroid dienone is 5. The minimum atomic E-state index is -0.407. The van der Waals surface area contributed by atoms with Gasteiger partial charge in [-0.3, -0.25) is 5.10 Å². The lowest BCUT2D eigenvalue weighted by Crippen LogP contribution is -2.10. The lowest BCUT2D eigenvalue weighted by molar-refractivity contribution is 0.530. The molecule has 1 atom stereocenters. The topological polar surface area (TPSA) is 91.7 Å². The predicted octanol–water partition coefficient (Wildman–Crippen LogP) is 6.22. The van der Waals surface area contributed by atoms with Crippen LogP contribution in [0.3, 0.4) is 0 Å². The molecule has 1 fully saturated rings. The molecule has 6 rings (SSSR count). The number of anilines is 1. The van der Waals surface area contributed by atoms with Crippen LogP contribution in [-0.2, 0) is 0 Å². The van der Waals surface area contributed by atoms with Crippen LogP contribution in [-0.4, -0.2) is 39.2 Å². The van der Waals surface area contributed by atoms with E-state index in [4.69, 9.17) is 0 Å². The van der Waals surface area contributed by atoms with Gasteiger partial charge in [0.2, 0.25) is 0 Å². The molecule has 2 aliphatic heterocycles. The molecule has 0 bridgehead atoms. The van der Waals surface area contributed by atoms with Crippen LogP contribution in [0.1, 0.15) is 36.7 Å². The van der Waals surface area contributed by atoms with E-state index in [1.165, 1.54) is 12.3 Å². The third kappa shape index (κ3) is 3.88. The van der Waals surface area contributed by atoms with E-state index >= 15 is 4.39 Å². The van der Waals surface area contributed by atoms with Gasteiger partial charge in [0.05, 0.1) is 28.5 Å². The van der Waals surface area contributed by atoms with E-state index in [1.54, 1.807) is 12.3 Å². The predicted molar refractivity (Wildman–Crippen MR) is 148 cm³/mol. The van der Waals surface area contributed by atoms with Crippen LogP contribution in [0.5, 0.6) is 0 Å². The molecule has 2 aliphatic rings. The van der Waals surface area contributed by atoms with Gasteiger partial charge in [-0.1, -0.05) is 12.2 Å². The number of fused-ring (bicyclic) bond motifs is 4. The van der Waals surface area contributed by atoms with Crippen LogP contribution in [0.15, 0.2) is 66.3 Å². The summed E-state index contributed by atoms with van der Waals surface area (Å²) in [6, 6.07) is 5.01. The highest BCUT2D eigenvalue weighted by molar-refractivity contribution is 7.13. The summed E-state index contributed by atoms with van der Waals surface area (Å²) in [7, 11) is 3.89. The number of aromatic nitrogens is 4. The average Bonchev–Trinajstić information content (AvgIpc) is 3.40. The smallest absolute Gasteiger partial charge is 0.184 e. The summed E-state index contributed by atoms with van der Waals surface area (Å²) in [5.41, 5.74) is 6.23. The molecule has 0 aliphatic carbocycles. The molecule has 0 amide bonds. The second kappa shape index (κ2) is 9.21. The zero-order valence-electron chi connectivity index (χ0n) is 21.2. The third-order valence-electron chi connectivity index (χ3n) is 6.68. The fourth-order valence-corrected chi connectivity index (χ4v) is 5.54. The van der Waals surface area contributed by atoms with Crippen molar-refractivity contribution in [2.45, 2.75) is 19.9 Å². The summed E-state index contributed by atoms with van der Waals surface area (Å²) >= 11 is 1.09. The van der Waals surface area contributed by atoms with Crippen molar-refractivity contribution in [2.24, 2.45) is 0 Å². The first-order chi connectivity index (χ1) is 18.4. The Labute approximate surface area is 222 Å². The Morgan fingerprint density at radius 3 is 2.68 bits per heavy atom. The van der Waals surface area contributed by atoms with E-state index in [-0.39, 0.29) is 16.8 Å². The molecular weight excluding hydrogens is 504 g/mol. The number of H-pyrrole nitrogens is 1. The van der Waals surface area contributed by atoms with Crippen LogP contribution in [0.25, 0.3) is 32.7 Å². The third-order valence-corrected chi connectivity index (χ3v) is 7.59. The molecule has 4 aromatic rings. The quantitative estimate of drug-likeness (QED) is 0.203. The maximum atomic E-state index is 16.2. The minimum absolute atomic E-state index is 0.106. The van der Waals surface area contributed by atoms with E-state index in [0.717, 1.165) is 38.7 Å². The maximum absolute atomic E-state index is 16.2. The Morgan fingerprint density at radius 2 is 1.97 bits per heavy atom. The number of rotatable bonds is 6. The standard InChI is InChI=1S/C28H25F2N7S/c1-5-7-15(37(3)4)12-14(6-2)17-13-32-28-21(22(17)30)24(35-36-28)26-25-23(33-25)20-16(10-11-31-27(20)34-26)18-8-9-19(29)38-18/h5-13,23,33H,1-4H3,(H,31,34)(H,32,35,36)/b7-5+,14-6+,15-12+. The number of aromatic amines is 1. The molecule has 192 valence electrons. The molecule has 1 unspecified atom stereocenters. The molecule has 0 spiro atoms. The van der Waals surface area contributed by atoms with Gasteiger partial charge in [-0.15, -0.1) is 11.3 Å². The number of nitrogens with zero attached hydrogens (tertiary/aromatic N) is 4. The number of likely N-dealkylation sites (N-methyl/N-ethyl adjacent to an activating group) is 1. The van der Waals surface area contributed by atoms with E-state index in [1.807, 2.05) is 63.2 Å². The normalized spacial score (nSPS) is 16.9. The number of hydrogen-bond acceptors (Lipinski definition) is 7. The molecule has 7 nitrogen and oxygen atoms in total. The van der Waals surface area contributed by atoms with Crippen LogP contribution in [0, 0.1) is 10.9 Å². The molecule has 0 saturated carbocycles. The van der Waals surface area contributed by atoms with E-state index in [2.05, 4.69) is 30.8 Å². The van der Waals surface area contributed by atoms with Gasteiger partial charge in [-0.25, -0.2) is 14.4 Å². The molecular formula is C28H25F2N7S. The summed E-state index contributed by atoms with van der Waals surface area (Å²) in [5.74, 6) is 0.228. The number of halogens is 2. The lowest BCUT2D eigenvalue weighted by Gasteiger charge is -2.18. The van der Waals surface area contributed by atoms with Crippen LogP contribution >= 0.6 is 11.3 Å². The largest absolute Gasteiger partial charge is 0.378 e. The Morgan fingerprint density at radius 1 is 1.13 bits per heavy atom. The molecule has 1 saturated heterocycles. The first-order valence-corrected chi connectivity index (χ1v) is 13.0. The Kier molecular flexibility index (Phi) is 5.83. The zero-order chi connectivity index (χ0) is 26.6. The van der Waals surface area contributed by atoms with E-state index in [0.29, 0.717) is 33.7 Å². The van der Waals surface area contributed by atoms with Gasteiger partial charge >= 0.3 is 0 Å². The van der Waals surface area contributed by atoms with Gasteiger partial charge in [0.1, 0.15) is 11.6 Å². The molecule has 10 heteroatoms. The number of nitrogens with one attached hydrogen (secondary N) is 3. The van der Waals surface area contributed by atoms with Crippen molar-refractivity contribution in [1.29, 1.82) is 0 Å². The van der Waals surface area contributed by atoms with Crippen LogP contribution < -0.4 is 10.6 Å². The van der Waals surface area contributed by atoms with Gasteiger partial charge in [0, 0.05) is 53.8 Å². The van der Waals surface area contributed by atoms with Crippen LogP contribution in [0.4, 0.5) is 14.6 Å². The Balaban J connectivity index is 1.44. The van der Waals surface area contributed by atoms with Crippen molar-refractivity contribution in [3.63, 3.8) is 0 Å². The molecule has 3 N–H and O–H groups in total. The molecule has 0 radical (unpaired) electrons. The van der Waals surface area contributed by atoms with Gasteiger partial charge < -0.3 is 15.5 Å². The summed E-state index contributed by atoms with van der Waals surface area (Å²) in [5, 5.41) is 14.1. The fourth-order valence-electron chi connectivity index (χ4n) is 4.77. The second-order valence-corrected chi connectivity index (χ2v) is 10.2. The Bertz CT molecular complexity index is 1710. The first-order valence-electron chi connectivity index (χ1n) is 12.1. The number of thiophene rings is 1. The van der Waals surface area contributed by atoms with Crippen LogP contribution in [0.2, 0.25) is 0 Å². The monoisotopic (exact) mass is 529 g/mol. The second-order valence-electron chi connectivity index (χ2n) is 9.21. The zero-order valence-corrected chi connectivity index (χ0v) is 22.0. The van der Waals surface area contributed by atoms with E-state index < -0.39 is 5.82 Å². The number of hydrogen-bond donors (Lipinski definition) is 3. The number of pyridine rings is 2. The van der Waals surface area contributed by atoms with Gasteiger partial charge in [-0.05, 0) is 49.8 Å². The first kappa shape index (κ1) is 24.1. The fraction of sp³-hybridized carbons (Fsp3) is 0.179. The molecule has 38 heavy (non-hydrogen) atoms. The molecule has 6 heterocycles. The highest BCUT2D eigenvalue weighted by atomic mass is 32.1. The lowest BCUT2D eigenvalue weighted by atomic mass is 9.99. The highest BCUT2D eigenvalue weighted by Crippen LogP contribution is 2.50. The summed E-state index contributed by atoms with van der Waals surface area (Å²) < 4.78 is 29.9. The van der Waals surface area contributed by atoms with Crippen molar-refractivity contribution in [1.82, 2.24) is 30.4 Å². The SMILES string of the molecule is C/C=C/C(=C\C(=C/C)c1cnc2n[nH]c(C3=C4NC4c4c(-c5ccc(F)s5)ccnc4N3)c2c1F)N(C)C. The minimum Gasteiger partial charge on any atom is -0.378 e. The Hall–Kier alpha value is -4.31. The van der Waals surface area contributed by atoms with Crippen molar-refractivity contribution >= 4 is 39.5 Å². The van der Waals surface area contributed by atoms with E-state index in [9.17, 15) is 4.39 Å². The van der Waals surface area contributed by atoms with Gasteiger partial charge in [-0.2, -0.15) is 9.49 Å². The highest BCUT2D eigenvalue weighted by Gasteiger charge is 2.43. The van der Waals surface area contributed by atoms with Crippen molar-refractivity contribution in [3.05, 3.63) is 94.1 Å². The van der Waals surface area contributed by atoms with Gasteiger partial charge in [0.15, 0.2) is 10.8 Å². The molecule has 0 aromatic carbocycles. The van der Waals surface area contributed by atoms with Crippen molar-refractivity contribution in [3.8, 4) is 10.4 Å². The van der Waals surface area contributed by atoms with Crippen molar-refractivity contribution in [2.75, 3.05) is 19.4 Å². The summed E-state index contributed by atoms with van der Waals surface area (Å²) in [4.78, 5) is 11.8.